The number of amides is 1. The molecule has 10 heteroatoms. The van der Waals surface area contributed by atoms with Crippen LogP contribution in [0.3, 0.4) is 0 Å². The lowest BCUT2D eigenvalue weighted by atomic mass is 10.2. The zero-order valence-corrected chi connectivity index (χ0v) is 15.9. The van der Waals surface area contributed by atoms with Crippen LogP contribution in [0.1, 0.15) is 31.7 Å². The van der Waals surface area contributed by atoms with E-state index >= 15 is 0 Å². The van der Waals surface area contributed by atoms with Crippen molar-refractivity contribution in [3.63, 3.8) is 0 Å². The van der Waals surface area contributed by atoms with Gasteiger partial charge in [0, 0.05) is 12.2 Å². The van der Waals surface area contributed by atoms with E-state index in [2.05, 4.69) is 5.32 Å². The van der Waals surface area contributed by atoms with Crippen molar-refractivity contribution < 1.29 is 21.6 Å². The van der Waals surface area contributed by atoms with Crippen molar-refractivity contribution in [2.45, 2.75) is 44.0 Å². The highest BCUT2D eigenvalue weighted by Gasteiger charge is 2.38. The number of carbonyl (C=O) groups excluding carboxylic acids is 1. The number of benzene rings is 1. The van der Waals surface area contributed by atoms with Crippen molar-refractivity contribution in [1.82, 2.24) is 4.31 Å². The Hall–Kier alpha value is -1.49. The van der Waals surface area contributed by atoms with E-state index in [4.69, 9.17) is 5.14 Å². The Morgan fingerprint density at radius 2 is 2.00 bits per heavy atom. The summed E-state index contributed by atoms with van der Waals surface area (Å²) < 4.78 is 49.0. The lowest BCUT2D eigenvalue weighted by Gasteiger charge is -2.23. The van der Waals surface area contributed by atoms with Gasteiger partial charge >= 0.3 is 0 Å². The monoisotopic (exact) mass is 389 g/mol. The molecule has 1 aliphatic heterocycles. The molecule has 0 aromatic heterocycles. The number of anilines is 1. The predicted octanol–water partition coefficient (Wildman–Crippen LogP) is 0.785. The van der Waals surface area contributed by atoms with Crippen molar-refractivity contribution in [2.75, 3.05) is 17.6 Å². The number of nitrogens with one attached hydrogen (secondary N) is 1. The van der Waals surface area contributed by atoms with Gasteiger partial charge in [-0.05, 0) is 43.9 Å². The van der Waals surface area contributed by atoms with E-state index in [1.807, 2.05) is 0 Å². The molecule has 25 heavy (non-hydrogen) atoms. The third-order valence-electron chi connectivity index (χ3n) is 4.09. The number of carbonyl (C=O) groups is 1. The predicted molar refractivity (Wildman–Crippen MR) is 95.0 cm³/mol. The van der Waals surface area contributed by atoms with Crippen LogP contribution in [-0.4, -0.2) is 45.4 Å². The van der Waals surface area contributed by atoms with Crippen LogP contribution in [0.15, 0.2) is 23.1 Å². The van der Waals surface area contributed by atoms with Crippen LogP contribution < -0.4 is 10.5 Å². The quantitative estimate of drug-likeness (QED) is 0.743. The first-order valence-corrected chi connectivity index (χ1v) is 11.2. The topological polar surface area (TPSA) is 127 Å². The SMILES string of the molecule is CCCS(=O)(=O)N1CCCC1C(=O)Nc1ccc(C)c(S(N)(=O)=O)c1. The normalized spacial score (nSPS) is 19.1. The average molecular weight is 389 g/mol. The number of primary sulfonamides is 1. The van der Waals surface area contributed by atoms with E-state index in [9.17, 15) is 21.6 Å². The van der Waals surface area contributed by atoms with Crippen LogP contribution in [0.5, 0.6) is 0 Å². The summed E-state index contributed by atoms with van der Waals surface area (Å²) in [4.78, 5) is 12.4. The molecule has 1 unspecified atom stereocenters. The van der Waals surface area contributed by atoms with E-state index in [1.165, 1.54) is 16.4 Å². The minimum atomic E-state index is -3.91. The first kappa shape index (κ1) is 19.8. The Kier molecular flexibility index (Phi) is 5.87. The molecule has 0 spiro atoms. The van der Waals surface area contributed by atoms with Gasteiger partial charge in [-0.1, -0.05) is 13.0 Å². The van der Waals surface area contributed by atoms with Gasteiger partial charge in [0.25, 0.3) is 0 Å². The molecule has 1 heterocycles. The number of nitrogens with zero attached hydrogens (tertiary/aromatic N) is 1. The Balaban J connectivity index is 2.22. The molecule has 1 aromatic carbocycles. The molecule has 0 bridgehead atoms. The fraction of sp³-hybridized carbons (Fsp3) is 0.533. The number of rotatable bonds is 6. The average Bonchev–Trinajstić information content (AvgIpc) is 2.98. The minimum Gasteiger partial charge on any atom is -0.325 e. The molecule has 0 saturated carbocycles. The van der Waals surface area contributed by atoms with E-state index in [1.54, 1.807) is 19.9 Å². The van der Waals surface area contributed by atoms with Gasteiger partial charge in [-0.3, -0.25) is 4.79 Å². The smallest absolute Gasteiger partial charge is 0.242 e. The lowest BCUT2D eigenvalue weighted by molar-refractivity contribution is -0.119. The van der Waals surface area contributed by atoms with Crippen molar-refractivity contribution in [3.05, 3.63) is 23.8 Å². The number of sulfonamides is 2. The second-order valence-corrected chi connectivity index (χ2v) is 9.67. The van der Waals surface area contributed by atoms with Gasteiger partial charge in [-0.15, -0.1) is 0 Å². The van der Waals surface area contributed by atoms with Gasteiger partial charge in [0.1, 0.15) is 6.04 Å². The van der Waals surface area contributed by atoms with Crippen LogP contribution in [0, 0.1) is 6.92 Å². The van der Waals surface area contributed by atoms with Crippen molar-refractivity contribution >= 4 is 31.6 Å². The highest BCUT2D eigenvalue weighted by Crippen LogP contribution is 2.24. The molecular formula is C15H23N3O5S2. The molecule has 1 fully saturated rings. The second-order valence-electron chi connectivity index (χ2n) is 6.10. The molecular weight excluding hydrogens is 366 g/mol. The summed E-state index contributed by atoms with van der Waals surface area (Å²) in [5.41, 5.74) is 0.730. The maximum absolute atomic E-state index is 12.5. The molecule has 0 aliphatic carbocycles. The summed E-state index contributed by atoms with van der Waals surface area (Å²) in [7, 11) is -7.39. The Morgan fingerprint density at radius 3 is 2.60 bits per heavy atom. The van der Waals surface area contributed by atoms with E-state index < -0.39 is 32.0 Å². The molecule has 8 nitrogen and oxygen atoms in total. The molecule has 3 N–H and O–H groups in total. The van der Waals surface area contributed by atoms with Gasteiger partial charge in [-0.25, -0.2) is 22.0 Å². The summed E-state index contributed by atoms with van der Waals surface area (Å²) in [6, 6.07) is 3.59. The van der Waals surface area contributed by atoms with Crippen LogP contribution in [0.25, 0.3) is 0 Å². The fourth-order valence-corrected chi connectivity index (χ4v) is 5.47. The number of hydrogen-bond donors (Lipinski definition) is 2. The molecule has 1 aliphatic rings. The Bertz CT molecular complexity index is 865. The van der Waals surface area contributed by atoms with Crippen molar-refractivity contribution in [2.24, 2.45) is 5.14 Å². The largest absolute Gasteiger partial charge is 0.325 e. The van der Waals surface area contributed by atoms with Crippen LogP contribution in [-0.2, 0) is 24.8 Å². The van der Waals surface area contributed by atoms with Crippen LogP contribution in [0.4, 0.5) is 5.69 Å². The standard InChI is InChI=1S/C15H23N3O5S2/c1-3-9-24(20,21)18-8-4-5-13(18)15(19)17-12-7-6-11(2)14(10-12)25(16,22)23/h6-7,10,13H,3-5,8-9H2,1-2H3,(H,17,19)(H2,16,22,23). The maximum Gasteiger partial charge on any atom is 0.242 e. The Labute approximate surface area is 148 Å². The van der Waals surface area contributed by atoms with E-state index in [0.29, 0.717) is 31.4 Å². The van der Waals surface area contributed by atoms with Gasteiger partial charge in [0.2, 0.25) is 26.0 Å². The number of nitrogens with two attached hydrogens (primary N) is 1. The lowest BCUT2D eigenvalue weighted by Crippen LogP contribution is -2.44. The summed E-state index contributed by atoms with van der Waals surface area (Å²) in [5, 5.41) is 7.77. The van der Waals surface area contributed by atoms with Gasteiger partial charge in [0.05, 0.1) is 10.6 Å². The molecule has 1 aromatic rings. The minimum absolute atomic E-state index is 0.00310. The first-order valence-electron chi connectivity index (χ1n) is 8.00. The molecule has 140 valence electrons. The van der Waals surface area contributed by atoms with Gasteiger partial charge in [0.15, 0.2) is 0 Å². The van der Waals surface area contributed by atoms with Crippen molar-refractivity contribution in [3.8, 4) is 0 Å². The van der Waals surface area contributed by atoms with Crippen molar-refractivity contribution in [1.29, 1.82) is 0 Å². The molecule has 1 saturated heterocycles. The second kappa shape index (κ2) is 7.40. The number of aryl methyl sites for hydroxylation is 1. The summed E-state index contributed by atoms with van der Waals surface area (Å²) in [6.45, 7) is 3.68. The molecule has 2 rings (SSSR count). The zero-order chi connectivity index (χ0) is 18.8. The third kappa shape index (κ3) is 4.57. The molecule has 1 atom stereocenters. The maximum atomic E-state index is 12.5. The van der Waals surface area contributed by atoms with Gasteiger partial charge in [-0.2, -0.15) is 4.31 Å². The summed E-state index contributed by atoms with van der Waals surface area (Å²) in [6.07, 6.45) is 1.52. The van der Waals surface area contributed by atoms with Gasteiger partial charge < -0.3 is 5.32 Å². The van der Waals surface area contributed by atoms with E-state index in [-0.39, 0.29) is 16.3 Å². The summed E-state index contributed by atoms with van der Waals surface area (Å²) >= 11 is 0. The highest BCUT2D eigenvalue weighted by atomic mass is 32.2. The van der Waals surface area contributed by atoms with Crippen LogP contribution in [0.2, 0.25) is 0 Å². The van der Waals surface area contributed by atoms with E-state index in [0.717, 1.165) is 0 Å². The highest BCUT2D eigenvalue weighted by molar-refractivity contribution is 7.89. The zero-order valence-electron chi connectivity index (χ0n) is 14.2. The van der Waals surface area contributed by atoms with Crippen LogP contribution >= 0.6 is 0 Å². The number of hydrogen-bond acceptors (Lipinski definition) is 5. The summed E-state index contributed by atoms with van der Waals surface area (Å²) in [5.74, 6) is -0.474. The Morgan fingerprint density at radius 1 is 1.32 bits per heavy atom. The fourth-order valence-electron chi connectivity index (χ4n) is 2.92. The molecule has 1 amide bonds. The third-order valence-corrected chi connectivity index (χ3v) is 7.22. The first-order chi connectivity index (χ1) is 11.6. The molecule has 0 radical (unpaired) electrons.